The summed E-state index contributed by atoms with van der Waals surface area (Å²) < 4.78 is 2.09. The predicted molar refractivity (Wildman–Crippen MR) is 91.0 cm³/mol. The van der Waals surface area contributed by atoms with Crippen molar-refractivity contribution in [1.29, 1.82) is 0 Å². The summed E-state index contributed by atoms with van der Waals surface area (Å²) in [6, 6.07) is 9.83. The molecule has 0 spiro atoms. The Labute approximate surface area is 134 Å². The molecule has 0 saturated heterocycles. The monoisotopic (exact) mass is 314 g/mol. The molecule has 2 aromatic heterocycles. The van der Waals surface area contributed by atoms with E-state index in [9.17, 15) is 0 Å². The highest BCUT2D eigenvalue weighted by molar-refractivity contribution is 6.30. The average Bonchev–Trinajstić information content (AvgIpc) is 2.85. The number of aryl methyl sites for hydroxylation is 1. The predicted octanol–water partition coefficient (Wildman–Crippen LogP) is 3.80. The minimum absolute atomic E-state index is 0.0680. The van der Waals surface area contributed by atoms with Crippen LogP contribution in [0.5, 0.6) is 0 Å². The van der Waals surface area contributed by atoms with Crippen LogP contribution in [0.15, 0.2) is 36.5 Å². The lowest BCUT2D eigenvalue weighted by Gasteiger charge is -2.13. The number of pyridine rings is 1. The third-order valence-corrected chi connectivity index (χ3v) is 3.98. The number of benzene rings is 1. The zero-order valence-electron chi connectivity index (χ0n) is 12.8. The van der Waals surface area contributed by atoms with Crippen LogP contribution in [0.4, 0.5) is 0 Å². The van der Waals surface area contributed by atoms with Crippen molar-refractivity contribution in [3.05, 3.63) is 47.1 Å². The molecule has 0 saturated carbocycles. The Kier molecular flexibility index (Phi) is 4.14. The standard InChI is InChI=1S/C17H19ClN4/c1-3-14(19)10-22-16(12-5-4-6-13(18)8-12)21-15-7-11(2)9-20-17(15)22/h4-9,14H,3,10,19H2,1-2H3. The zero-order chi connectivity index (χ0) is 15.7. The average molecular weight is 315 g/mol. The number of nitrogens with two attached hydrogens (primary N) is 1. The Bertz CT molecular complexity index is 810. The summed E-state index contributed by atoms with van der Waals surface area (Å²) >= 11 is 6.13. The van der Waals surface area contributed by atoms with Crippen molar-refractivity contribution in [3.8, 4) is 11.4 Å². The molecule has 0 aliphatic carbocycles. The molecule has 5 heteroatoms. The van der Waals surface area contributed by atoms with Crippen LogP contribution in [0.2, 0.25) is 5.02 Å². The highest BCUT2D eigenvalue weighted by Gasteiger charge is 2.16. The quantitative estimate of drug-likeness (QED) is 0.797. The first-order chi connectivity index (χ1) is 10.6. The van der Waals surface area contributed by atoms with Gasteiger partial charge in [0.25, 0.3) is 0 Å². The first-order valence-electron chi connectivity index (χ1n) is 7.43. The lowest BCUT2D eigenvalue weighted by atomic mass is 10.2. The molecule has 3 aromatic rings. The number of imidazole rings is 1. The summed E-state index contributed by atoms with van der Waals surface area (Å²) in [4.78, 5) is 9.31. The lowest BCUT2D eigenvalue weighted by Crippen LogP contribution is -2.25. The van der Waals surface area contributed by atoms with Gasteiger partial charge in [-0.1, -0.05) is 30.7 Å². The van der Waals surface area contributed by atoms with Crippen LogP contribution in [0.1, 0.15) is 18.9 Å². The number of fused-ring (bicyclic) bond motifs is 1. The number of hydrogen-bond donors (Lipinski definition) is 1. The van der Waals surface area contributed by atoms with Crippen molar-refractivity contribution in [2.24, 2.45) is 5.73 Å². The summed E-state index contributed by atoms with van der Waals surface area (Å²) in [5, 5.41) is 0.694. The van der Waals surface area contributed by atoms with Gasteiger partial charge in [0, 0.05) is 29.4 Å². The van der Waals surface area contributed by atoms with Gasteiger partial charge in [0.2, 0.25) is 0 Å². The molecule has 0 fully saturated rings. The summed E-state index contributed by atoms with van der Waals surface area (Å²) in [6.45, 7) is 4.79. The summed E-state index contributed by atoms with van der Waals surface area (Å²) in [5.41, 5.74) is 9.98. The third-order valence-electron chi connectivity index (χ3n) is 3.75. The van der Waals surface area contributed by atoms with Crippen LogP contribution in [0.25, 0.3) is 22.6 Å². The summed E-state index contributed by atoms with van der Waals surface area (Å²) in [6.07, 6.45) is 2.76. The highest BCUT2D eigenvalue weighted by atomic mass is 35.5. The Balaban J connectivity index is 2.21. The Morgan fingerprint density at radius 3 is 2.86 bits per heavy atom. The topological polar surface area (TPSA) is 56.7 Å². The largest absolute Gasteiger partial charge is 0.326 e. The van der Waals surface area contributed by atoms with Gasteiger partial charge < -0.3 is 10.3 Å². The molecule has 0 amide bonds. The minimum Gasteiger partial charge on any atom is -0.326 e. The van der Waals surface area contributed by atoms with Crippen LogP contribution in [0.3, 0.4) is 0 Å². The van der Waals surface area contributed by atoms with Crippen molar-refractivity contribution in [1.82, 2.24) is 14.5 Å². The molecular weight excluding hydrogens is 296 g/mol. The number of rotatable bonds is 4. The first kappa shape index (κ1) is 15.0. The van der Waals surface area contributed by atoms with E-state index >= 15 is 0 Å². The van der Waals surface area contributed by atoms with Crippen molar-refractivity contribution >= 4 is 22.8 Å². The van der Waals surface area contributed by atoms with E-state index < -0.39 is 0 Å². The number of halogens is 1. The van der Waals surface area contributed by atoms with Crippen LogP contribution in [-0.4, -0.2) is 20.6 Å². The van der Waals surface area contributed by atoms with E-state index in [-0.39, 0.29) is 6.04 Å². The van der Waals surface area contributed by atoms with Gasteiger partial charge in [-0.15, -0.1) is 0 Å². The molecule has 4 nitrogen and oxygen atoms in total. The van der Waals surface area contributed by atoms with E-state index in [2.05, 4.69) is 16.5 Å². The molecule has 114 valence electrons. The van der Waals surface area contributed by atoms with Gasteiger partial charge in [-0.25, -0.2) is 9.97 Å². The molecule has 1 aromatic carbocycles. The fraction of sp³-hybridized carbons (Fsp3) is 0.294. The number of hydrogen-bond acceptors (Lipinski definition) is 3. The van der Waals surface area contributed by atoms with Crippen LogP contribution < -0.4 is 5.73 Å². The van der Waals surface area contributed by atoms with Gasteiger partial charge in [0.1, 0.15) is 11.3 Å². The van der Waals surface area contributed by atoms with Crippen molar-refractivity contribution in [2.75, 3.05) is 0 Å². The summed E-state index contributed by atoms with van der Waals surface area (Å²) in [5.74, 6) is 0.861. The van der Waals surface area contributed by atoms with Gasteiger partial charge >= 0.3 is 0 Å². The maximum atomic E-state index is 6.16. The van der Waals surface area contributed by atoms with Crippen molar-refractivity contribution in [2.45, 2.75) is 32.9 Å². The van der Waals surface area contributed by atoms with Crippen molar-refractivity contribution in [3.63, 3.8) is 0 Å². The minimum atomic E-state index is 0.0680. The van der Waals surface area contributed by atoms with Crippen LogP contribution in [0, 0.1) is 6.92 Å². The van der Waals surface area contributed by atoms with E-state index in [4.69, 9.17) is 22.3 Å². The Morgan fingerprint density at radius 2 is 2.14 bits per heavy atom. The van der Waals surface area contributed by atoms with Crippen molar-refractivity contribution < 1.29 is 0 Å². The fourth-order valence-corrected chi connectivity index (χ4v) is 2.69. The van der Waals surface area contributed by atoms with Gasteiger partial charge in [-0.2, -0.15) is 0 Å². The number of aromatic nitrogens is 3. The second-order valence-corrected chi connectivity index (χ2v) is 6.02. The second kappa shape index (κ2) is 6.07. The summed E-state index contributed by atoms with van der Waals surface area (Å²) in [7, 11) is 0. The zero-order valence-corrected chi connectivity index (χ0v) is 13.5. The lowest BCUT2D eigenvalue weighted by molar-refractivity contribution is 0.549. The molecular formula is C17H19ClN4. The van der Waals surface area contributed by atoms with Crippen LogP contribution >= 0.6 is 11.6 Å². The fourth-order valence-electron chi connectivity index (χ4n) is 2.50. The molecule has 1 atom stereocenters. The van der Waals surface area contributed by atoms with E-state index in [1.165, 1.54) is 0 Å². The second-order valence-electron chi connectivity index (χ2n) is 5.58. The molecule has 2 N–H and O–H groups in total. The Morgan fingerprint density at radius 1 is 1.32 bits per heavy atom. The van der Waals surface area contributed by atoms with E-state index in [1.807, 2.05) is 43.5 Å². The van der Waals surface area contributed by atoms with Gasteiger partial charge in [-0.05, 0) is 37.1 Å². The normalized spacial score (nSPS) is 12.7. The molecule has 22 heavy (non-hydrogen) atoms. The smallest absolute Gasteiger partial charge is 0.160 e. The number of nitrogens with zero attached hydrogens (tertiary/aromatic N) is 3. The molecule has 0 aliphatic rings. The first-order valence-corrected chi connectivity index (χ1v) is 7.80. The van der Waals surface area contributed by atoms with E-state index in [1.54, 1.807) is 0 Å². The molecule has 2 heterocycles. The molecule has 0 aliphatic heterocycles. The van der Waals surface area contributed by atoms with E-state index in [0.29, 0.717) is 11.6 Å². The van der Waals surface area contributed by atoms with Gasteiger partial charge in [0.15, 0.2) is 5.65 Å². The van der Waals surface area contributed by atoms with Crippen LogP contribution in [-0.2, 0) is 6.54 Å². The third kappa shape index (κ3) is 2.85. The molecule has 0 bridgehead atoms. The maximum absolute atomic E-state index is 6.16. The molecule has 0 radical (unpaired) electrons. The molecule has 3 rings (SSSR count). The van der Waals surface area contributed by atoms with Gasteiger partial charge in [-0.3, -0.25) is 0 Å². The molecule has 1 unspecified atom stereocenters. The Hall–Kier alpha value is -1.91. The highest BCUT2D eigenvalue weighted by Crippen LogP contribution is 2.26. The maximum Gasteiger partial charge on any atom is 0.160 e. The SMILES string of the molecule is CCC(N)Cn1c(-c2cccc(Cl)c2)nc2cc(C)cnc21. The van der Waals surface area contributed by atoms with E-state index in [0.717, 1.165) is 34.5 Å². The van der Waals surface area contributed by atoms with Gasteiger partial charge in [0.05, 0.1) is 0 Å².